The van der Waals surface area contributed by atoms with Crippen LogP contribution in [0.25, 0.3) is 0 Å². The highest BCUT2D eigenvalue weighted by Gasteiger charge is 2.42. The number of fused-ring (bicyclic) bond motifs is 1. The van der Waals surface area contributed by atoms with Crippen molar-refractivity contribution >= 4 is 28.9 Å². The number of ether oxygens (including phenoxy) is 1. The monoisotopic (exact) mass is 456 g/mol. The number of nitrogens with zero attached hydrogens (tertiary/aromatic N) is 1. The van der Waals surface area contributed by atoms with Gasteiger partial charge in [0, 0.05) is 36.2 Å². The minimum Gasteiger partial charge on any atom is -0.490 e. The number of rotatable bonds is 4. The van der Waals surface area contributed by atoms with Gasteiger partial charge in [-0.2, -0.15) is 0 Å². The van der Waals surface area contributed by atoms with Crippen LogP contribution in [0.1, 0.15) is 18.4 Å². The number of anilines is 2. The summed E-state index contributed by atoms with van der Waals surface area (Å²) in [6.07, 6.45) is -1.02. The lowest BCUT2D eigenvalue weighted by Crippen LogP contribution is -2.58. The van der Waals surface area contributed by atoms with E-state index < -0.39 is 41.7 Å². The molecule has 0 radical (unpaired) electrons. The number of aliphatic hydroxyl groups is 2. The van der Waals surface area contributed by atoms with Crippen LogP contribution in [-0.4, -0.2) is 47.5 Å². The van der Waals surface area contributed by atoms with Crippen LogP contribution in [0, 0.1) is 17.5 Å². The van der Waals surface area contributed by atoms with Gasteiger partial charge < -0.3 is 25.2 Å². The Kier molecular flexibility index (Phi) is 5.76. The highest BCUT2D eigenvalue weighted by atomic mass is 35.5. The molecule has 10 heteroatoms. The lowest BCUT2D eigenvalue weighted by atomic mass is 9.89. The van der Waals surface area contributed by atoms with Crippen molar-refractivity contribution in [3.63, 3.8) is 0 Å². The first-order chi connectivity index (χ1) is 14.7. The maximum absolute atomic E-state index is 14.2. The number of nitrogens with one attached hydrogen (secondary N) is 1. The first kappa shape index (κ1) is 21.7. The molecule has 1 amide bonds. The normalized spacial score (nSPS) is 23.4. The van der Waals surface area contributed by atoms with Crippen molar-refractivity contribution in [1.82, 2.24) is 0 Å². The zero-order valence-corrected chi connectivity index (χ0v) is 17.1. The largest absolute Gasteiger partial charge is 0.490 e. The average molecular weight is 457 g/mol. The number of aliphatic hydroxyl groups excluding tert-OH is 1. The van der Waals surface area contributed by atoms with Gasteiger partial charge in [-0.15, -0.1) is 0 Å². The third-order valence-electron chi connectivity index (χ3n) is 5.71. The molecule has 2 aliphatic rings. The molecule has 0 aromatic heterocycles. The van der Waals surface area contributed by atoms with Gasteiger partial charge in [-0.05, 0) is 31.0 Å². The topological polar surface area (TPSA) is 82.0 Å². The van der Waals surface area contributed by atoms with E-state index in [-0.39, 0.29) is 60.1 Å². The minimum atomic E-state index is -1.69. The summed E-state index contributed by atoms with van der Waals surface area (Å²) in [6, 6.07) is 5.05. The van der Waals surface area contributed by atoms with Crippen LogP contribution in [0.2, 0.25) is 5.02 Å². The van der Waals surface area contributed by atoms with E-state index in [1.165, 1.54) is 12.1 Å². The molecular formula is C21H20ClF3N2O4. The minimum absolute atomic E-state index is 0.0132. The van der Waals surface area contributed by atoms with Gasteiger partial charge in [0.05, 0.1) is 11.4 Å². The molecule has 0 aliphatic carbocycles. The molecule has 4 rings (SSSR count). The number of benzene rings is 2. The van der Waals surface area contributed by atoms with Crippen LogP contribution >= 0.6 is 11.6 Å². The molecule has 0 bridgehead atoms. The molecule has 31 heavy (non-hydrogen) atoms. The molecule has 3 N–H and O–H groups in total. The number of piperidine rings is 1. The van der Waals surface area contributed by atoms with Crippen molar-refractivity contribution < 1.29 is 32.9 Å². The summed E-state index contributed by atoms with van der Waals surface area (Å²) in [6.45, 7) is -0.234. The van der Waals surface area contributed by atoms with Gasteiger partial charge in [0.25, 0.3) is 0 Å². The maximum Gasteiger partial charge on any atom is 0.224 e. The smallest absolute Gasteiger partial charge is 0.224 e. The Morgan fingerprint density at radius 1 is 1.23 bits per heavy atom. The zero-order chi connectivity index (χ0) is 22.3. The van der Waals surface area contributed by atoms with Crippen LogP contribution < -0.4 is 15.0 Å². The molecule has 2 aromatic carbocycles. The molecule has 6 nitrogen and oxygen atoms in total. The lowest BCUT2D eigenvalue weighted by molar-refractivity contribution is -0.116. The van der Waals surface area contributed by atoms with E-state index in [2.05, 4.69) is 5.32 Å². The fraction of sp³-hybridized carbons (Fsp3) is 0.381. The summed E-state index contributed by atoms with van der Waals surface area (Å²) >= 11 is 5.77. The first-order valence-electron chi connectivity index (χ1n) is 9.72. The second-order valence-electron chi connectivity index (χ2n) is 7.77. The molecule has 0 spiro atoms. The third kappa shape index (κ3) is 4.17. The van der Waals surface area contributed by atoms with Gasteiger partial charge in [-0.3, -0.25) is 4.79 Å². The molecule has 2 aliphatic heterocycles. The highest BCUT2D eigenvalue weighted by molar-refractivity contribution is 6.30. The third-order valence-corrected chi connectivity index (χ3v) is 5.94. The summed E-state index contributed by atoms with van der Waals surface area (Å²) < 4.78 is 47.8. The lowest BCUT2D eigenvalue weighted by Gasteiger charge is -2.42. The standard InChI is InChI=1S/C21H20ClF3N2O4/c22-11-1-3-15(13(23)7-11)27-6-5-21(30,17(28)9-27)10-31-16-8-14(24)19(25)20-12(16)2-4-18(29)26-20/h1,3,7-8,17,28,30H,2,4-6,9-10H2,(H,26,29)/t17-,21-/m1/s1. The van der Waals surface area contributed by atoms with E-state index in [0.29, 0.717) is 0 Å². The molecule has 166 valence electrons. The Bertz CT molecular complexity index is 1040. The summed E-state index contributed by atoms with van der Waals surface area (Å²) in [5.41, 5.74) is -1.42. The van der Waals surface area contributed by atoms with Crippen molar-refractivity contribution in [3.05, 3.63) is 52.3 Å². The number of carbonyl (C=O) groups is 1. The van der Waals surface area contributed by atoms with Crippen LogP contribution in [0.3, 0.4) is 0 Å². The van der Waals surface area contributed by atoms with Crippen molar-refractivity contribution in [3.8, 4) is 5.75 Å². The first-order valence-corrected chi connectivity index (χ1v) is 10.1. The van der Waals surface area contributed by atoms with Gasteiger partial charge >= 0.3 is 0 Å². The van der Waals surface area contributed by atoms with Gasteiger partial charge in [0.15, 0.2) is 11.6 Å². The Morgan fingerprint density at radius 3 is 2.71 bits per heavy atom. The summed E-state index contributed by atoms with van der Waals surface area (Å²) in [5.74, 6) is -3.36. The average Bonchev–Trinajstić information content (AvgIpc) is 2.72. The van der Waals surface area contributed by atoms with Crippen molar-refractivity contribution in [2.24, 2.45) is 0 Å². The van der Waals surface area contributed by atoms with E-state index >= 15 is 0 Å². The number of hydrogen-bond donors (Lipinski definition) is 3. The predicted octanol–water partition coefficient (Wildman–Crippen LogP) is 3.02. The summed E-state index contributed by atoms with van der Waals surface area (Å²) in [5, 5.41) is 24.0. The summed E-state index contributed by atoms with van der Waals surface area (Å²) in [4.78, 5) is 13.1. The van der Waals surface area contributed by atoms with Crippen LogP contribution in [0.5, 0.6) is 5.75 Å². The van der Waals surface area contributed by atoms with Crippen molar-refractivity contribution in [2.75, 3.05) is 29.9 Å². The molecule has 0 unspecified atom stereocenters. The molecular weight excluding hydrogens is 437 g/mol. The second kappa shape index (κ2) is 8.22. The fourth-order valence-corrected chi connectivity index (χ4v) is 4.04. The SMILES string of the molecule is O=C1CCc2c(OC[C@]3(O)CCN(c4ccc(Cl)cc4F)C[C@H]3O)cc(F)c(F)c2N1. The number of halogens is 4. The number of hydrogen-bond acceptors (Lipinski definition) is 5. The van der Waals surface area contributed by atoms with Gasteiger partial charge in [0.2, 0.25) is 5.91 Å². The Hall–Kier alpha value is -2.49. The molecule has 0 saturated carbocycles. The quantitative estimate of drug-likeness (QED) is 0.659. The van der Waals surface area contributed by atoms with E-state index in [9.17, 15) is 28.2 Å². The van der Waals surface area contributed by atoms with Gasteiger partial charge in [-0.1, -0.05) is 11.6 Å². The van der Waals surface area contributed by atoms with Crippen molar-refractivity contribution in [1.29, 1.82) is 0 Å². The van der Waals surface area contributed by atoms with E-state index in [1.54, 1.807) is 4.90 Å². The van der Waals surface area contributed by atoms with Gasteiger partial charge in [0.1, 0.15) is 29.9 Å². The highest BCUT2D eigenvalue weighted by Crippen LogP contribution is 2.37. The molecule has 2 heterocycles. The van der Waals surface area contributed by atoms with E-state index in [1.807, 2.05) is 0 Å². The molecule has 1 fully saturated rings. The molecule has 2 aromatic rings. The fourth-order valence-electron chi connectivity index (χ4n) is 3.88. The second-order valence-corrected chi connectivity index (χ2v) is 8.21. The number of carbonyl (C=O) groups excluding carboxylic acids is 1. The Balaban J connectivity index is 1.49. The summed E-state index contributed by atoms with van der Waals surface area (Å²) in [7, 11) is 0. The number of β-amino-alcohol motifs (C(OH)–C–C–N with tert-alkyl or cyclic N) is 1. The van der Waals surface area contributed by atoms with E-state index in [0.717, 1.165) is 12.1 Å². The molecule has 2 atom stereocenters. The van der Waals surface area contributed by atoms with E-state index in [4.69, 9.17) is 16.3 Å². The Labute approximate surface area is 181 Å². The zero-order valence-electron chi connectivity index (χ0n) is 16.3. The number of amides is 1. The van der Waals surface area contributed by atoms with Crippen LogP contribution in [-0.2, 0) is 11.2 Å². The Morgan fingerprint density at radius 2 is 2.00 bits per heavy atom. The van der Waals surface area contributed by atoms with Crippen LogP contribution in [0.4, 0.5) is 24.5 Å². The van der Waals surface area contributed by atoms with Crippen LogP contribution in [0.15, 0.2) is 24.3 Å². The van der Waals surface area contributed by atoms with Crippen molar-refractivity contribution in [2.45, 2.75) is 31.0 Å². The predicted molar refractivity (Wildman–Crippen MR) is 108 cm³/mol. The van der Waals surface area contributed by atoms with Gasteiger partial charge in [-0.25, -0.2) is 13.2 Å². The maximum atomic E-state index is 14.2. The molecule has 1 saturated heterocycles.